The summed E-state index contributed by atoms with van der Waals surface area (Å²) in [6.45, 7) is 2.22. The largest absolute Gasteiger partial charge is 0.480 e. The summed E-state index contributed by atoms with van der Waals surface area (Å²) in [5, 5.41) is 12.7. The van der Waals surface area contributed by atoms with Crippen LogP contribution in [0.5, 0.6) is 0 Å². The standard InChI is InChI=1S/C29H29NO4/c1-19-10-12-20(13-11-19)21-14-16-29(17-15-21,27(31)32)30-28(33)34-18-26-24-8-4-2-6-22(24)23-7-3-5-9-25(23)26/h2-13,21,26H,14-18H2,1H3,(H,30,33)(H,31,32). The van der Waals surface area contributed by atoms with Crippen LogP contribution in [-0.2, 0) is 9.53 Å². The number of ether oxygens (including phenoxy) is 1. The highest BCUT2D eigenvalue weighted by molar-refractivity contribution is 5.85. The molecule has 3 aromatic carbocycles. The summed E-state index contributed by atoms with van der Waals surface area (Å²) in [6, 6.07) is 24.7. The van der Waals surface area contributed by atoms with Crippen molar-refractivity contribution in [2.24, 2.45) is 0 Å². The lowest BCUT2D eigenvalue weighted by molar-refractivity contribution is -0.146. The van der Waals surface area contributed by atoms with Crippen LogP contribution in [-0.4, -0.2) is 29.3 Å². The number of aliphatic carboxylic acids is 1. The van der Waals surface area contributed by atoms with Crippen molar-refractivity contribution >= 4 is 12.1 Å². The lowest BCUT2D eigenvalue weighted by Crippen LogP contribution is -2.56. The van der Waals surface area contributed by atoms with Gasteiger partial charge >= 0.3 is 12.1 Å². The first-order chi connectivity index (χ1) is 16.5. The monoisotopic (exact) mass is 455 g/mol. The number of nitrogens with one attached hydrogen (secondary N) is 1. The molecule has 0 bridgehead atoms. The van der Waals surface area contributed by atoms with Crippen molar-refractivity contribution in [3.8, 4) is 11.1 Å². The van der Waals surface area contributed by atoms with Crippen LogP contribution in [0.2, 0.25) is 0 Å². The van der Waals surface area contributed by atoms with Gasteiger partial charge in [-0.2, -0.15) is 0 Å². The van der Waals surface area contributed by atoms with E-state index in [1.54, 1.807) is 0 Å². The zero-order chi connectivity index (χ0) is 23.7. The van der Waals surface area contributed by atoms with Gasteiger partial charge in [0.15, 0.2) is 0 Å². The summed E-state index contributed by atoms with van der Waals surface area (Å²) >= 11 is 0. The van der Waals surface area contributed by atoms with Crippen LogP contribution in [0.25, 0.3) is 11.1 Å². The third-order valence-corrected chi connectivity index (χ3v) is 7.48. The fraction of sp³-hybridized carbons (Fsp3) is 0.310. The van der Waals surface area contributed by atoms with E-state index in [2.05, 4.69) is 60.8 Å². The first kappa shape index (κ1) is 22.2. The molecule has 0 atom stereocenters. The second-order valence-electron chi connectivity index (χ2n) is 9.52. The predicted molar refractivity (Wildman–Crippen MR) is 131 cm³/mol. The average molecular weight is 456 g/mol. The minimum absolute atomic E-state index is 0.0591. The van der Waals surface area contributed by atoms with E-state index < -0.39 is 17.6 Å². The van der Waals surface area contributed by atoms with Crippen LogP contribution >= 0.6 is 0 Å². The van der Waals surface area contributed by atoms with E-state index in [9.17, 15) is 14.7 Å². The van der Waals surface area contributed by atoms with E-state index in [1.165, 1.54) is 11.1 Å². The Balaban J connectivity index is 1.25. The molecule has 1 saturated carbocycles. The van der Waals surface area contributed by atoms with Gasteiger partial charge in [0.1, 0.15) is 12.1 Å². The summed E-state index contributed by atoms with van der Waals surface area (Å²) < 4.78 is 5.63. The number of aryl methyl sites for hydroxylation is 1. The third kappa shape index (κ3) is 4.07. The Kier molecular flexibility index (Phi) is 5.86. The Morgan fingerprint density at radius 2 is 1.47 bits per heavy atom. The van der Waals surface area contributed by atoms with Crippen molar-refractivity contribution in [1.82, 2.24) is 5.32 Å². The molecular formula is C29H29NO4. The Hall–Kier alpha value is -3.60. The summed E-state index contributed by atoms with van der Waals surface area (Å²) in [6.07, 6.45) is 1.51. The summed E-state index contributed by atoms with van der Waals surface area (Å²) in [7, 11) is 0. The molecule has 2 N–H and O–H groups in total. The van der Waals surface area contributed by atoms with E-state index in [0.29, 0.717) is 31.6 Å². The van der Waals surface area contributed by atoms with Gasteiger partial charge in [-0.05, 0) is 66.3 Å². The van der Waals surface area contributed by atoms with E-state index >= 15 is 0 Å². The number of alkyl carbamates (subject to hydrolysis) is 1. The molecule has 0 saturated heterocycles. The molecule has 5 rings (SSSR count). The number of carboxylic acids is 1. The van der Waals surface area contributed by atoms with Gasteiger partial charge in [-0.3, -0.25) is 0 Å². The molecule has 2 aliphatic rings. The van der Waals surface area contributed by atoms with Crippen LogP contribution < -0.4 is 5.32 Å². The van der Waals surface area contributed by atoms with Crippen LogP contribution in [0.1, 0.15) is 59.8 Å². The smallest absolute Gasteiger partial charge is 0.408 e. The fourth-order valence-corrected chi connectivity index (χ4v) is 5.50. The molecule has 34 heavy (non-hydrogen) atoms. The van der Waals surface area contributed by atoms with Gasteiger partial charge in [-0.1, -0.05) is 78.4 Å². The summed E-state index contributed by atoms with van der Waals surface area (Å²) in [5.74, 6) is -0.753. The maximum absolute atomic E-state index is 12.8. The minimum atomic E-state index is -1.29. The zero-order valence-corrected chi connectivity index (χ0v) is 19.3. The lowest BCUT2D eigenvalue weighted by atomic mass is 9.74. The summed E-state index contributed by atoms with van der Waals surface area (Å²) in [4.78, 5) is 25.0. The van der Waals surface area contributed by atoms with Crippen LogP contribution in [0.4, 0.5) is 4.79 Å². The number of amides is 1. The van der Waals surface area contributed by atoms with Crippen molar-refractivity contribution < 1.29 is 19.4 Å². The fourth-order valence-electron chi connectivity index (χ4n) is 5.50. The summed E-state index contributed by atoms with van der Waals surface area (Å²) in [5.41, 5.74) is 5.71. The van der Waals surface area contributed by atoms with Crippen molar-refractivity contribution in [1.29, 1.82) is 0 Å². The Morgan fingerprint density at radius 1 is 0.912 bits per heavy atom. The molecule has 0 unspecified atom stereocenters. The van der Waals surface area contributed by atoms with E-state index in [1.807, 2.05) is 24.3 Å². The van der Waals surface area contributed by atoms with Gasteiger partial charge in [-0.25, -0.2) is 9.59 Å². The number of benzene rings is 3. The van der Waals surface area contributed by atoms with Gasteiger partial charge in [0.25, 0.3) is 0 Å². The van der Waals surface area contributed by atoms with Crippen molar-refractivity contribution in [2.45, 2.75) is 50.0 Å². The van der Waals surface area contributed by atoms with Gasteiger partial charge in [0.2, 0.25) is 0 Å². The quantitative estimate of drug-likeness (QED) is 0.494. The number of hydrogen-bond acceptors (Lipinski definition) is 3. The minimum Gasteiger partial charge on any atom is -0.480 e. The Bertz CT molecular complexity index is 1160. The maximum atomic E-state index is 12.8. The first-order valence-electron chi connectivity index (χ1n) is 11.9. The van der Waals surface area contributed by atoms with Crippen LogP contribution in [0, 0.1) is 6.92 Å². The highest BCUT2D eigenvalue weighted by Gasteiger charge is 2.44. The van der Waals surface area contributed by atoms with Crippen LogP contribution in [0.15, 0.2) is 72.8 Å². The van der Waals surface area contributed by atoms with Crippen molar-refractivity contribution in [3.63, 3.8) is 0 Å². The molecule has 0 radical (unpaired) electrons. The van der Waals surface area contributed by atoms with E-state index in [0.717, 1.165) is 22.3 Å². The number of fused-ring (bicyclic) bond motifs is 3. The molecule has 3 aromatic rings. The molecule has 0 heterocycles. The zero-order valence-electron chi connectivity index (χ0n) is 19.3. The molecule has 1 amide bonds. The Morgan fingerprint density at radius 3 is 2.03 bits per heavy atom. The molecule has 5 heteroatoms. The lowest BCUT2D eigenvalue weighted by Gasteiger charge is -2.37. The highest BCUT2D eigenvalue weighted by atomic mass is 16.5. The molecule has 1 fully saturated rings. The second kappa shape index (κ2) is 8.98. The molecule has 0 aliphatic heterocycles. The number of carboxylic acid groups (broad SMARTS) is 1. The third-order valence-electron chi connectivity index (χ3n) is 7.48. The van der Waals surface area contributed by atoms with E-state index in [-0.39, 0.29) is 12.5 Å². The Labute approximate surface area is 199 Å². The molecule has 0 spiro atoms. The molecular weight excluding hydrogens is 426 g/mol. The van der Waals surface area contributed by atoms with Crippen LogP contribution in [0.3, 0.4) is 0 Å². The van der Waals surface area contributed by atoms with Gasteiger partial charge in [-0.15, -0.1) is 0 Å². The van der Waals surface area contributed by atoms with Gasteiger partial charge < -0.3 is 15.2 Å². The van der Waals surface area contributed by atoms with Gasteiger partial charge in [0.05, 0.1) is 0 Å². The molecule has 2 aliphatic carbocycles. The maximum Gasteiger partial charge on any atom is 0.408 e. The second-order valence-corrected chi connectivity index (χ2v) is 9.52. The highest BCUT2D eigenvalue weighted by Crippen LogP contribution is 2.44. The normalized spacial score (nSPS) is 21.4. The number of rotatable bonds is 5. The SMILES string of the molecule is Cc1ccc(C2CCC(NC(=O)OCC3c4ccccc4-c4ccccc43)(C(=O)O)CC2)cc1. The number of carbonyl (C=O) groups is 2. The average Bonchev–Trinajstić information content (AvgIpc) is 3.17. The topological polar surface area (TPSA) is 75.6 Å². The molecule has 0 aromatic heterocycles. The predicted octanol–water partition coefficient (Wildman–Crippen LogP) is 6.01. The molecule has 174 valence electrons. The first-order valence-corrected chi connectivity index (χ1v) is 11.9. The van der Waals surface area contributed by atoms with E-state index in [4.69, 9.17) is 4.74 Å². The molecule has 5 nitrogen and oxygen atoms in total. The number of hydrogen-bond donors (Lipinski definition) is 2. The number of carbonyl (C=O) groups excluding carboxylic acids is 1. The van der Waals surface area contributed by atoms with Gasteiger partial charge in [0, 0.05) is 5.92 Å². The van der Waals surface area contributed by atoms with Crippen molar-refractivity contribution in [3.05, 3.63) is 95.1 Å². The van der Waals surface area contributed by atoms with Crippen molar-refractivity contribution in [2.75, 3.05) is 6.61 Å².